The van der Waals surface area contributed by atoms with Crippen molar-refractivity contribution in [2.75, 3.05) is 24.5 Å². The number of aliphatic hydroxyl groups is 2. The number of carbonyl (C=O) groups excluding carboxylic acids is 3. The fraction of sp³-hybridized carbons (Fsp3) is 0.393. The van der Waals surface area contributed by atoms with Gasteiger partial charge in [-0.25, -0.2) is 14.8 Å². The van der Waals surface area contributed by atoms with Gasteiger partial charge in [-0.2, -0.15) is 0 Å². The van der Waals surface area contributed by atoms with Gasteiger partial charge in [0.1, 0.15) is 18.6 Å². The van der Waals surface area contributed by atoms with Crippen LogP contribution in [0.5, 0.6) is 0 Å². The Morgan fingerprint density at radius 2 is 1.86 bits per heavy atom. The van der Waals surface area contributed by atoms with Crippen molar-refractivity contribution >= 4 is 35.5 Å². The van der Waals surface area contributed by atoms with E-state index in [1.807, 2.05) is 19.9 Å². The van der Waals surface area contributed by atoms with Crippen molar-refractivity contribution in [2.24, 2.45) is 21.5 Å². The van der Waals surface area contributed by atoms with E-state index in [0.29, 0.717) is 17.7 Å². The second-order valence-electron chi connectivity index (χ2n) is 10.9. The quantitative estimate of drug-likeness (QED) is 0.181. The summed E-state index contributed by atoms with van der Waals surface area (Å²) in [4.78, 5) is 52.4. The van der Waals surface area contributed by atoms with Crippen LogP contribution >= 0.6 is 0 Å². The summed E-state index contributed by atoms with van der Waals surface area (Å²) in [6, 6.07) is 10.3. The van der Waals surface area contributed by atoms with Crippen LogP contribution in [-0.2, 0) is 11.2 Å². The first-order valence-electron chi connectivity index (χ1n) is 13.7. The number of nitrogens with two attached hydrogens (primary N) is 2. The molecule has 0 radical (unpaired) electrons. The summed E-state index contributed by atoms with van der Waals surface area (Å²) in [6.45, 7) is 3.35. The minimum Gasteiger partial charge on any atom is -0.370 e. The average Bonchev–Trinajstić information content (AvgIpc) is 3.54. The van der Waals surface area contributed by atoms with Gasteiger partial charge in [-0.15, -0.1) is 0 Å². The van der Waals surface area contributed by atoms with E-state index in [1.165, 1.54) is 9.80 Å². The molecule has 14 nitrogen and oxygen atoms in total. The highest BCUT2D eigenvalue weighted by Crippen LogP contribution is 2.45. The number of hydrogen-bond donors (Lipinski definition) is 6. The zero-order chi connectivity index (χ0) is 30.0. The maximum atomic E-state index is 13.4. The highest BCUT2D eigenvalue weighted by atomic mass is 16.5. The second kappa shape index (κ2) is 9.70. The summed E-state index contributed by atoms with van der Waals surface area (Å²) >= 11 is 0. The Morgan fingerprint density at radius 1 is 1.12 bits per heavy atom. The molecule has 4 amide bonds. The number of aryl methyl sites for hydroxylation is 1. The second-order valence-corrected chi connectivity index (χ2v) is 10.9. The summed E-state index contributed by atoms with van der Waals surface area (Å²) in [5, 5.41) is 29.1. The van der Waals surface area contributed by atoms with Crippen molar-refractivity contribution < 1.29 is 24.6 Å². The van der Waals surface area contributed by atoms with Crippen molar-refractivity contribution in [3.8, 4) is 0 Å². The Labute approximate surface area is 241 Å². The molecule has 0 aliphatic carbocycles. The minimum absolute atomic E-state index is 0.0818. The van der Waals surface area contributed by atoms with Gasteiger partial charge < -0.3 is 37.2 Å². The molecule has 0 saturated carbocycles. The predicted octanol–water partition coefficient (Wildman–Crippen LogP) is -1.20. The van der Waals surface area contributed by atoms with Crippen LogP contribution in [0.25, 0.3) is 0 Å². The summed E-state index contributed by atoms with van der Waals surface area (Å²) < 4.78 is 0. The average molecular weight is 576 g/mol. The van der Waals surface area contributed by atoms with E-state index in [1.54, 1.807) is 42.5 Å². The van der Waals surface area contributed by atoms with Crippen molar-refractivity contribution in [2.45, 2.75) is 49.8 Å². The molecule has 14 heteroatoms. The number of nitrogens with zero attached hydrogens (tertiary/aromatic N) is 5. The number of hydrogen-bond acceptors (Lipinski definition) is 11. The Morgan fingerprint density at radius 3 is 2.57 bits per heavy atom. The third-order valence-electron chi connectivity index (χ3n) is 8.61. The number of nitrogens with one attached hydrogen (secondary N) is 2. The number of amides is 4. The van der Waals surface area contributed by atoms with Crippen LogP contribution in [0, 0.1) is 6.92 Å². The fourth-order valence-electron chi connectivity index (χ4n) is 6.57. The van der Waals surface area contributed by atoms with Crippen LogP contribution in [0.2, 0.25) is 0 Å². The first-order valence-corrected chi connectivity index (χ1v) is 13.7. The van der Waals surface area contributed by atoms with Crippen molar-refractivity contribution in [1.29, 1.82) is 0 Å². The number of guanidine groups is 2. The molecular weight excluding hydrogens is 542 g/mol. The van der Waals surface area contributed by atoms with E-state index < -0.39 is 47.4 Å². The Balaban J connectivity index is 1.29. The van der Waals surface area contributed by atoms with Crippen molar-refractivity contribution in [3.05, 3.63) is 65.2 Å². The lowest BCUT2D eigenvalue weighted by Crippen LogP contribution is -2.78. The van der Waals surface area contributed by atoms with Gasteiger partial charge in [-0.3, -0.25) is 19.4 Å². The highest BCUT2D eigenvalue weighted by Gasteiger charge is 2.73. The van der Waals surface area contributed by atoms with Gasteiger partial charge >= 0.3 is 6.03 Å². The Hall–Kier alpha value is -4.69. The zero-order valence-electron chi connectivity index (χ0n) is 23.2. The molecule has 220 valence electrons. The summed E-state index contributed by atoms with van der Waals surface area (Å²) in [5.41, 5.74) is 13.4. The number of rotatable bonds is 6. The molecule has 2 aromatic rings. The molecule has 4 heterocycles. The zero-order valence-corrected chi connectivity index (χ0v) is 23.2. The number of anilines is 1. The topological polar surface area (TPSA) is 202 Å². The third-order valence-corrected chi connectivity index (χ3v) is 8.61. The first-order chi connectivity index (χ1) is 20.0. The van der Waals surface area contributed by atoms with Crippen molar-refractivity contribution in [1.82, 2.24) is 20.4 Å². The van der Waals surface area contributed by atoms with Crippen LogP contribution in [0.15, 0.2) is 58.5 Å². The van der Waals surface area contributed by atoms with E-state index in [4.69, 9.17) is 11.5 Å². The molecule has 6 rings (SSSR count). The molecule has 1 spiro atoms. The molecule has 4 aliphatic rings. The van der Waals surface area contributed by atoms with Gasteiger partial charge in [0.15, 0.2) is 17.6 Å². The molecular formula is C28H33N9O5. The first kappa shape index (κ1) is 27.5. The number of benzene rings is 2. The van der Waals surface area contributed by atoms with Crippen LogP contribution in [-0.4, -0.2) is 99.0 Å². The van der Waals surface area contributed by atoms with Gasteiger partial charge in [0, 0.05) is 17.8 Å². The molecule has 2 saturated heterocycles. The SMILES string of the molecule is CCc1c(C)cccc1C(=O)NC1CN2C(N)=N[C@@H](CN3C(=O)CN(c4ccccc4)C3=O)[C@@H]3N=C(N)NC32C1(O)O. The van der Waals surface area contributed by atoms with Crippen LogP contribution in [0.4, 0.5) is 10.5 Å². The molecule has 0 aromatic heterocycles. The molecule has 0 bridgehead atoms. The lowest BCUT2D eigenvalue weighted by molar-refractivity contribution is -0.230. The maximum absolute atomic E-state index is 13.4. The number of aliphatic imine (C=N–C) groups is 2. The Bertz CT molecular complexity index is 1530. The van der Waals surface area contributed by atoms with Crippen LogP contribution in [0.3, 0.4) is 0 Å². The lowest BCUT2D eigenvalue weighted by atomic mass is 9.84. The molecule has 8 N–H and O–H groups in total. The normalized spacial score (nSPS) is 27.8. The van der Waals surface area contributed by atoms with Crippen molar-refractivity contribution in [3.63, 3.8) is 0 Å². The number of para-hydroxylation sites is 1. The van der Waals surface area contributed by atoms with Gasteiger partial charge in [0.25, 0.3) is 11.8 Å². The van der Waals surface area contributed by atoms with E-state index in [-0.39, 0.29) is 31.6 Å². The van der Waals surface area contributed by atoms with E-state index in [0.717, 1.165) is 16.0 Å². The molecule has 42 heavy (non-hydrogen) atoms. The summed E-state index contributed by atoms with van der Waals surface area (Å²) in [7, 11) is 0. The van der Waals surface area contributed by atoms with E-state index >= 15 is 0 Å². The molecule has 4 aliphatic heterocycles. The monoisotopic (exact) mass is 575 g/mol. The summed E-state index contributed by atoms with van der Waals surface area (Å²) in [6.07, 6.45) is 0.616. The van der Waals surface area contributed by atoms with Gasteiger partial charge in [0.05, 0.1) is 12.6 Å². The van der Waals surface area contributed by atoms with Gasteiger partial charge in [-0.1, -0.05) is 37.3 Å². The fourth-order valence-corrected chi connectivity index (χ4v) is 6.57. The van der Waals surface area contributed by atoms with E-state index in [9.17, 15) is 24.6 Å². The Kier molecular flexibility index (Phi) is 6.35. The number of urea groups is 1. The molecule has 2 aromatic carbocycles. The van der Waals surface area contributed by atoms with Crippen LogP contribution < -0.4 is 27.0 Å². The summed E-state index contributed by atoms with van der Waals surface area (Å²) in [5.74, 6) is -3.76. The van der Waals surface area contributed by atoms with Crippen LogP contribution in [0.1, 0.15) is 28.4 Å². The predicted molar refractivity (Wildman–Crippen MR) is 153 cm³/mol. The molecule has 4 atom stereocenters. The molecule has 2 unspecified atom stereocenters. The number of carbonyl (C=O) groups is 3. The van der Waals surface area contributed by atoms with Gasteiger partial charge in [0.2, 0.25) is 5.79 Å². The third kappa shape index (κ3) is 3.89. The smallest absolute Gasteiger partial charge is 0.331 e. The molecule has 2 fully saturated rings. The lowest BCUT2D eigenvalue weighted by Gasteiger charge is -2.49. The van der Waals surface area contributed by atoms with E-state index in [2.05, 4.69) is 20.6 Å². The standard InChI is InChI=1S/C28H33N9O5/c1-3-17-15(2)8-7-11-18(17)23(39)32-20-13-37-25(30)31-19(22-27(37,28(20,41)42)34-24(29)33-22)12-36-21(38)14-35(26(36)40)16-9-5-4-6-10-16/h4-11,19-20,22,41-42H,3,12-14H2,1-2H3,(H2,30,31)(H,32,39)(H3,29,33,34)/t19-,20?,22-,27?/m0/s1. The number of imide groups is 1. The minimum atomic E-state index is -2.65. The maximum Gasteiger partial charge on any atom is 0.331 e. The highest BCUT2D eigenvalue weighted by molar-refractivity contribution is 6.12. The largest absolute Gasteiger partial charge is 0.370 e. The van der Waals surface area contributed by atoms with Gasteiger partial charge in [-0.05, 0) is 42.7 Å².